The Morgan fingerprint density at radius 2 is 2.19 bits per heavy atom. The predicted octanol–water partition coefficient (Wildman–Crippen LogP) is 2.60. The molecule has 5 heteroatoms. The Bertz CT molecular complexity index is 670. The molecule has 21 heavy (non-hydrogen) atoms. The standard InChI is InChI=1S/C16H18ClN3O/c1-20(10-15(21)18-13-6-7-13)9-12-8-11-4-2-3-5-14(11)19-16(12)17/h2-5,8,13H,6-7,9-10H2,1H3,(H,18,21). The number of aromatic nitrogens is 1. The topological polar surface area (TPSA) is 45.2 Å². The molecule has 1 aliphatic rings. The highest BCUT2D eigenvalue weighted by molar-refractivity contribution is 6.30. The van der Waals surface area contributed by atoms with Crippen molar-refractivity contribution in [1.82, 2.24) is 15.2 Å². The predicted molar refractivity (Wildman–Crippen MR) is 84.3 cm³/mol. The van der Waals surface area contributed by atoms with Gasteiger partial charge in [0.2, 0.25) is 5.91 Å². The Morgan fingerprint density at radius 3 is 2.95 bits per heavy atom. The van der Waals surface area contributed by atoms with Crippen LogP contribution in [0.3, 0.4) is 0 Å². The van der Waals surface area contributed by atoms with Crippen molar-refractivity contribution >= 4 is 28.4 Å². The molecule has 1 fully saturated rings. The maximum absolute atomic E-state index is 11.8. The second-order valence-corrected chi connectivity index (χ2v) is 6.00. The first-order chi connectivity index (χ1) is 10.1. The van der Waals surface area contributed by atoms with Crippen molar-refractivity contribution in [2.45, 2.75) is 25.4 Å². The molecule has 1 N–H and O–H groups in total. The second-order valence-electron chi connectivity index (χ2n) is 5.65. The van der Waals surface area contributed by atoms with Crippen molar-refractivity contribution in [2.75, 3.05) is 13.6 Å². The van der Waals surface area contributed by atoms with E-state index in [1.807, 2.05) is 42.3 Å². The van der Waals surface area contributed by atoms with Crippen LogP contribution in [0.1, 0.15) is 18.4 Å². The lowest BCUT2D eigenvalue weighted by Crippen LogP contribution is -2.36. The highest BCUT2D eigenvalue weighted by Gasteiger charge is 2.23. The summed E-state index contributed by atoms with van der Waals surface area (Å²) in [6, 6.07) is 10.3. The molecule has 0 unspecified atom stereocenters. The van der Waals surface area contributed by atoms with Crippen molar-refractivity contribution in [3.63, 3.8) is 0 Å². The van der Waals surface area contributed by atoms with Crippen LogP contribution in [0.15, 0.2) is 30.3 Å². The quantitative estimate of drug-likeness (QED) is 0.864. The van der Waals surface area contributed by atoms with Gasteiger partial charge >= 0.3 is 0 Å². The van der Waals surface area contributed by atoms with Crippen LogP contribution in [0.2, 0.25) is 5.15 Å². The maximum atomic E-state index is 11.8. The molecule has 0 atom stereocenters. The number of likely N-dealkylation sites (N-methyl/N-ethyl adjacent to an activating group) is 1. The lowest BCUT2D eigenvalue weighted by molar-refractivity contribution is -0.122. The van der Waals surface area contributed by atoms with Crippen LogP contribution in [0.5, 0.6) is 0 Å². The maximum Gasteiger partial charge on any atom is 0.234 e. The first-order valence-corrected chi connectivity index (χ1v) is 7.51. The summed E-state index contributed by atoms with van der Waals surface area (Å²) >= 11 is 6.24. The number of hydrogen-bond donors (Lipinski definition) is 1. The summed E-state index contributed by atoms with van der Waals surface area (Å²) < 4.78 is 0. The van der Waals surface area contributed by atoms with E-state index in [2.05, 4.69) is 10.3 Å². The van der Waals surface area contributed by atoms with E-state index in [1.165, 1.54) is 0 Å². The number of pyridine rings is 1. The average molecular weight is 304 g/mol. The van der Waals surface area contributed by atoms with Gasteiger partial charge in [-0.15, -0.1) is 0 Å². The number of carbonyl (C=O) groups is 1. The molecule has 1 saturated carbocycles. The van der Waals surface area contributed by atoms with E-state index in [9.17, 15) is 4.79 Å². The molecule has 1 amide bonds. The Labute approximate surface area is 129 Å². The highest BCUT2D eigenvalue weighted by atomic mass is 35.5. The molecule has 3 rings (SSSR count). The fraction of sp³-hybridized carbons (Fsp3) is 0.375. The summed E-state index contributed by atoms with van der Waals surface area (Å²) in [5, 5.41) is 4.55. The van der Waals surface area contributed by atoms with Gasteiger partial charge in [-0.25, -0.2) is 4.98 Å². The fourth-order valence-corrected chi connectivity index (χ4v) is 2.55. The SMILES string of the molecule is CN(CC(=O)NC1CC1)Cc1cc2ccccc2nc1Cl. The Morgan fingerprint density at radius 1 is 1.43 bits per heavy atom. The number of benzene rings is 1. The van der Waals surface area contributed by atoms with Crippen molar-refractivity contribution in [2.24, 2.45) is 0 Å². The van der Waals surface area contributed by atoms with Gasteiger partial charge in [0.15, 0.2) is 0 Å². The largest absolute Gasteiger partial charge is 0.352 e. The van der Waals surface area contributed by atoms with Crippen LogP contribution in [0, 0.1) is 0 Å². The molecule has 0 aliphatic heterocycles. The van der Waals surface area contributed by atoms with E-state index in [-0.39, 0.29) is 5.91 Å². The third-order valence-corrected chi connectivity index (χ3v) is 3.87. The lowest BCUT2D eigenvalue weighted by Gasteiger charge is -2.17. The number of amides is 1. The van der Waals surface area contributed by atoms with Gasteiger partial charge in [0, 0.05) is 23.5 Å². The molecule has 0 radical (unpaired) electrons. The van der Waals surface area contributed by atoms with Crippen LogP contribution >= 0.6 is 11.6 Å². The average Bonchev–Trinajstić information content (AvgIpc) is 3.23. The van der Waals surface area contributed by atoms with Gasteiger partial charge in [0.25, 0.3) is 0 Å². The van der Waals surface area contributed by atoms with Crippen molar-refractivity contribution < 1.29 is 4.79 Å². The van der Waals surface area contributed by atoms with Gasteiger partial charge in [0.05, 0.1) is 12.1 Å². The minimum atomic E-state index is 0.0740. The molecular weight excluding hydrogens is 286 g/mol. The Kier molecular flexibility index (Phi) is 4.08. The summed E-state index contributed by atoms with van der Waals surface area (Å²) in [6.07, 6.45) is 2.21. The van der Waals surface area contributed by atoms with Crippen molar-refractivity contribution in [3.05, 3.63) is 41.0 Å². The van der Waals surface area contributed by atoms with Crippen LogP contribution in [-0.2, 0) is 11.3 Å². The zero-order valence-electron chi connectivity index (χ0n) is 12.0. The molecule has 1 aromatic heterocycles. The number of carbonyl (C=O) groups excluding carboxylic acids is 1. The molecule has 4 nitrogen and oxygen atoms in total. The number of fused-ring (bicyclic) bond motifs is 1. The molecule has 1 aromatic carbocycles. The van der Waals surface area contributed by atoms with Gasteiger partial charge in [-0.05, 0) is 32.0 Å². The number of nitrogens with one attached hydrogen (secondary N) is 1. The molecule has 1 heterocycles. The minimum Gasteiger partial charge on any atom is -0.352 e. The number of rotatable bonds is 5. The van der Waals surface area contributed by atoms with Gasteiger partial charge in [-0.1, -0.05) is 29.8 Å². The summed E-state index contributed by atoms with van der Waals surface area (Å²) in [6.45, 7) is 0.981. The van der Waals surface area contributed by atoms with Gasteiger partial charge in [0.1, 0.15) is 5.15 Å². The zero-order valence-corrected chi connectivity index (χ0v) is 12.7. The fourth-order valence-electron chi connectivity index (χ4n) is 2.34. The third-order valence-electron chi connectivity index (χ3n) is 3.55. The van der Waals surface area contributed by atoms with E-state index >= 15 is 0 Å². The van der Waals surface area contributed by atoms with Crippen molar-refractivity contribution in [3.8, 4) is 0 Å². The second kappa shape index (κ2) is 6.00. The third kappa shape index (κ3) is 3.71. The number of para-hydroxylation sites is 1. The van der Waals surface area contributed by atoms with Crippen molar-refractivity contribution in [1.29, 1.82) is 0 Å². The number of hydrogen-bond acceptors (Lipinski definition) is 3. The molecule has 0 spiro atoms. The van der Waals surface area contributed by atoms with Gasteiger partial charge < -0.3 is 5.32 Å². The summed E-state index contributed by atoms with van der Waals surface area (Å²) in [5.74, 6) is 0.0740. The van der Waals surface area contributed by atoms with E-state index < -0.39 is 0 Å². The monoisotopic (exact) mass is 303 g/mol. The Balaban J connectivity index is 1.68. The lowest BCUT2D eigenvalue weighted by atomic mass is 10.1. The zero-order chi connectivity index (χ0) is 14.8. The van der Waals surface area contributed by atoms with Crippen LogP contribution in [-0.4, -0.2) is 35.4 Å². The molecule has 1 aliphatic carbocycles. The summed E-state index contributed by atoms with van der Waals surface area (Å²) in [7, 11) is 1.91. The smallest absolute Gasteiger partial charge is 0.234 e. The molecule has 0 bridgehead atoms. The summed E-state index contributed by atoms with van der Waals surface area (Å²) in [4.78, 5) is 18.1. The molecule has 110 valence electrons. The normalized spacial score (nSPS) is 14.6. The van der Waals surface area contributed by atoms with Gasteiger partial charge in [-0.3, -0.25) is 9.69 Å². The molecule has 2 aromatic rings. The summed E-state index contributed by atoms with van der Waals surface area (Å²) in [5.41, 5.74) is 1.83. The van der Waals surface area contributed by atoms with Gasteiger partial charge in [-0.2, -0.15) is 0 Å². The highest BCUT2D eigenvalue weighted by Crippen LogP contribution is 2.21. The first-order valence-electron chi connectivity index (χ1n) is 7.14. The van der Waals surface area contributed by atoms with E-state index in [1.54, 1.807) is 0 Å². The van der Waals surface area contributed by atoms with E-state index in [0.29, 0.717) is 24.3 Å². The minimum absolute atomic E-state index is 0.0740. The Hall–Kier alpha value is -1.65. The van der Waals surface area contributed by atoms with E-state index in [0.717, 1.165) is 29.3 Å². The molecule has 0 saturated heterocycles. The van der Waals surface area contributed by atoms with Crippen LogP contribution < -0.4 is 5.32 Å². The van der Waals surface area contributed by atoms with E-state index in [4.69, 9.17) is 11.6 Å². The van der Waals surface area contributed by atoms with Crippen LogP contribution in [0.4, 0.5) is 0 Å². The number of nitrogens with zero attached hydrogens (tertiary/aromatic N) is 2. The number of halogens is 1. The molecular formula is C16H18ClN3O. The first kappa shape index (κ1) is 14.3. The van der Waals surface area contributed by atoms with Crippen LogP contribution in [0.25, 0.3) is 10.9 Å².